The van der Waals surface area contributed by atoms with E-state index in [1.807, 2.05) is 12.1 Å². The third-order valence-electron chi connectivity index (χ3n) is 3.07. The number of amides is 1. The zero-order chi connectivity index (χ0) is 17.5. The van der Waals surface area contributed by atoms with Crippen LogP contribution in [0.25, 0.3) is 0 Å². The van der Waals surface area contributed by atoms with Gasteiger partial charge in [-0.1, -0.05) is 35.6 Å². The minimum Gasteiger partial charge on any atom is -0.495 e. The number of nitrogens with zero attached hydrogens (tertiary/aromatic N) is 1. The van der Waals surface area contributed by atoms with Crippen LogP contribution in [0.1, 0.15) is 15.9 Å². The molecular formula is C17H13ClN2O4. The first-order valence-corrected chi connectivity index (χ1v) is 7.24. The molecule has 122 valence electrons. The molecule has 0 unspecified atom stereocenters. The van der Waals surface area contributed by atoms with E-state index >= 15 is 0 Å². The van der Waals surface area contributed by atoms with Gasteiger partial charge in [0.1, 0.15) is 5.75 Å². The third kappa shape index (κ3) is 4.24. The van der Waals surface area contributed by atoms with Crippen LogP contribution >= 0.6 is 11.6 Å². The van der Waals surface area contributed by atoms with E-state index in [1.165, 1.54) is 12.1 Å². The lowest BCUT2D eigenvalue weighted by Gasteiger charge is -2.04. The number of ether oxygens (including phenoxy) is 1. The molecule has 0 heterocycles. The smallest absolute Gasteiger partial charge is 0.270 e. The number of carbonyl (C=O) groups excluding carboxylic acids is 1. The van der Waals surface area contributed by atoms with Crippen molar-refractivity contribution in [3.05, 3.63) is 68.7 Å². The number of halogens is 1. The average molecular weight is 345 g/mol. The SMILES string of the molecule is COc1ccccc1C#CCNC(=O)c1cc([N+](=O)[O-])ccc1Cl. The Hall–Kier alpha value is -3.04. The van der Waals surface area contributed by atoms with Crippen molar-refractivity contribution in [2.75, 3.05) is 13.7 Å². The van der Waals surface area contributed by atoms with Gasteiger partial charge < -0.3 is 10.1 Å². The van der Waals surface area contributed by atoms with E-state index in [9.17, 15) is 14.9 Å². The van der Waals surface area contributed by atoms with E-state index in [1.54, 1.807) is 19.2 Å². The molecule has 0 aliphatic carbocycles. The van der Waals surface area contributed by atoms with Crippen LogP contribution in [0.3, 0.4) is 0 Å². The minimum absolute atomic E-state index is 0.0324. The zero-order valence-electron chi connectivity index (χ0n) is 12.7. The molecule has 6 nitrogen and oxygen atoms in total. The molecule has 2 aromatic carbocycles. The van der Waals surface area contributed by atoms with Crippen LogP contribution in [0.5, 0.6) is 5.75 Å². The van der Waals surface area contributed by atoms with Crippen LogP contribution in [0.2, 0.25) is 5.02 Å². The van der Waals surface area contributed by atoms with Gasteiger partial charge in [0.05, 0.1) is 34.7 Å². The molecule has 0 saturated carbocycles. The molecule has 1 N–H and O–H groups in total. The molecule has 0 fully saturated rings. The number of nitro benzene ring substituents is 1. The normalized spacial score (nSPS) is 9.58. The molecule has 0 atom stereocenters. The lowest BCUT2D eigenvalue weighted by atomic mass is 10.2. The van der Waals surface area contributed by atoms with Crippen molar-refractivity contribution in [2.24, 2.45) is 0 Å². The summed E-state index contributed by atoms with van der Waals surface area (Å²) in [5, 5.41) is 13.4. The number of non-ortho nitro benzene ring substituents is 1. The second-order valence-electron chi connectivity index (χ2n) is 4.61. The largest absolute Gasteiger partial charge is 0.495 e. The third-order valence-corrected chi connectivity index (χ3v) is 3.40. The van der Waals surface area contributed by atoms with Crippen molar-refractivity contribution in [3.8, 4) is 17.6 Å². The molecule has 24 heavy (non-hydrogen) atoms. The molecular weight excluding hydrogens is 332 g/mol. The van der Waals surface area contributed by atoms with Gasteiger partial charge in [-0.05, 0) is 18.2 Å². The molecule has 0 spiro atoms. The van der Waals surface area contributed by atoms with Gasteiger partial charge in [0.25, 0.3) is 11.6 Å². The van der Waals surface area contributed by atoms with Crippen LogP contribution in [0, 0.1) is 22.0 Å². The monoisotopic (exact) mass is 344 g/mol. The van der Waals surface area contributed by atoms with Crippen LogP contribution in [-0.2, 0) is 0 Å². The molecule has 0 aromatic heterocycles. The summed E-state index contributed by atoms with van der Waals surface area (Å²) >= 11 is 5.91. The summed E-state index contributed by atoms with van der Waals surface area (Å²) in [6, 6.07) is 10.9. The summed E-state index contributed by atoms with van der Waals surface area (Å²) in [6.07, 6.45) is 0. The van der Waals surface area contributed by atoms with Gasteiger partial charge in [-0.3, -0.25) is 14.9 Å². The minimum atomic E-state index is -0.589. The number of nitrogens with one attached hydrogen (secondary N) is 1. The Morgan fingerprint density at radius 2 is 2.08 bits per heavy atom. The van der Waals surface area contributed by atoms with Gasteiger partial charge in [0.15, 0.2) is 0 Å². The number of benzene rings is 2. The van der Waals surface area contributed by atoms with Crippen molar-refractivity contribution < 1.29 is 14.5 Å². The van der Waals surface area contributed by atoms with E-state index in [-0.39, 0.29) is 22.8 Å². The van der Waals surface area contributed by atoms with Gasteiger partial charge >= 0.3 is 0 Å². The number of rotatable bonds is 4. The molecule has 7 heteroatoms. The lowest BCUT2D eigenvalue weighted by molar-refractivity contribution is -0.384. The van der Waals surface area contributed by atoms with E-state index in [2.05, 4.69) is 17.2 Å². The number of methoxy groups -OCH3 is 1. The number of para-hydroxylation sites is 1. The summed E-state index contributed by atoms with van der Waals surface area (Å²) in [4.78, 5) is 22.2. The Kier molecular flexibility index (Phi) is 5.77. The standard InChI is InChI=1S/C17H13ClN2O4/c1-24-16-7-3-2-5-12(16)6-4-10-19-17(21)14-11-13(20(22)23)8-9-15(14)18/h2-3,5,7-9,11H,10H2,1H3,(H,19,21). The number of hydrogen-bond donors (Lipinski definition) is 1. The fourth-order valence-corrected chi connectivity index (χ4v) is 2.11. The van der Waals surface area contributed by atoms with Crippen molar-refractivity contribution in [1.29, 1.82) is 0 Å². The van der Waals surface area contributed by atoms with Gasteiger partial charge in [0, 0.05) is 12.1 Å². The summed E-state index contributed by atoms with van der Waals surface area (Å²) in [5.74, 6) is 5.79. The summed E-state index contributed by atoms with van der Waals surface area (Å²) in [7, 11) is 1.55. The first-order valence-electron chi connectivity index (χ1n) is 6.87. The van der Waals surface area contributed by atoms with Crippen LogP contribution in [-0.4, -0.2) is 24.5 Å². The maximum Gasteiger partial charge on any atom is 0.270 e. The Morgan fingerprint density at radius 3 is 2.79 bits per heavy atom. The van der Waals surface area contributed by atoms with Crippen molar-refractivity contribution in [3.63, 3.8) is 0 Å². The molecule has 0 saturated heterocycles. The molecule has 0 aliphatic rings. The second kappa shape index (κ2) is 7.99. The predicted molar refractivity (Wildman–Crippen MR) is 90.3 cm³/mol. The van der Waals surface area contributed by atoms with Crippen molar-refractivity contribution >= 4 is 23.2 Å². The fraction of sp³-hybridized carbons (Fsp3) is 0.118. The quantitative estimate of drug-likeness (QED) is 0.525. The van der Waals surface area contributed by atoms with Crippen LogP contribution in [0.15, 0.2) is 42.5 Å². The Balaban J connectivity index is 2.06. The van der Waals surface area contributed by atoms with E-state index in [0.717, 1.165) is 6.07 Å². The molecule has 2 rings (SSSR count). The molecule has 0 radical (unpaired) electrons. The zero-order valence-corrected chi connectivity index (χ0v) is 13.5. The van der Waals surface area contributed by atoms with Gasteiger partial charge in [-0.2, -0.15) is 0 Å². The highest BCUT2D eigenvalue weighted by Gasteiger charge is 2.15. The van der Waals surface area contributed by atoms with Crippen LogP contribution in [0.4, 0.5) is 5.69 Å². The first kappa shape index (κ1) is 17.3. The lowest BCUT2D eigenvalue weighted by Crippen LogP contribution is -2.24. The fourth-order valence-electron chi connectivity index (χ4n) is 1.91. The van der Waals surface area contributed by atoms with E-state index in [0.29, 0.717) is 11.3 Å². The molecule has 2 aromatic rings. The summed E-state index contributed by atoms with van der Waals surface area (Å²) in [5.41, 5.74) is 0.525. The summed E-state index contributed by atoms with van der Waals surface area (Å²) in [6.45, 7) is 0.0654. The van der Waals surface area contributed by atoms with E-state index < -0.39 is 10.8 Å². The number of hydrogen-bond acceptors (Lipinski definition) is 4. The highest BCUT2D eigenvalue weighted by molar-refractivity contribution is 6.33. The molecule has 0 bridgehead atoms. The highest BCUT2D eigenvalue weighted by atomic mass is 35.5. The number of carbonyl (C=O) groups is 1. The molecule has 0 aliphatic heterocycles. The Labute approximate surface area is 143 Å². The van der Waals surface area contributed by atoms with Crippen molar-refractivity contribution in [2.45, 2.75) is 0 Å². The summed E-state index contributed by atoms with van der Waals surface area (Å²) < 4.78 is 5.17. The second-order valence-corrected chi connectivity index (χ2v) is 5.01. The number of nitro groups is 1. The first-order chi connectivity index (χ1) is 11.5. The topological polar surface area (TPSA) is 81.5 Å². The Morgan fingerprint density at radius 1 is 1.33 bits per heavy atom. The van der Waals surface area contributed by atoms with E-state index in [4.69, 9.17) is 16.3 Å². The van der Waals surface area contributed by atoms with Gasteiger partial charge in [-0.15, -0.1) is 0 Å². The maximum atomic E-state index is 12.1. The molecule has 1 amide bonds. The maximum absolute atomic E-state index is 12.1. The van der Waals surface area contributed by atoms with Crippen LogP contribution < -0.4 is 10.1 Å². The van der Waals surface area contributed by atoms with Crippen molar-refractivity contribution in [1.82, 2.24) is 5.32 Å². The van der Waals surface area contributed by atoms with Gasteiger partial charge in [-0.25, -0.2) is 0 Å². The predicted octanol–water partition coefficient (Wildman–Crippen LogP) is 3.04. The average Bonchev–Trinajstić information content (AvgIpc) is 2.59. The van der Waals surface area contributed by atoms with Gasteiger partial charge in [0.2, 0.25) is 0 Å². The highest BCUT2D eigenvalue weighted by Crippen LogP contribution is 2.21. The Bertz CT molecular complexity index is 840.